The fourth-order valence-electron chi connectivity index (χ4n) is 3.58. The van der Waals surface area contributed by atoms with Gasteiger partial charge in [0, 0.05) is 30.6 Å². The lowest BCUT2D eigenvalue weighted by molar-refractivity contribution is 0.510. The SMILES string of the molecule is c1cc(-n2cnnn2)ccc1-c1nnc2n1CC1CCC(C2)N1. The monoisotopic (exact) mass is 308 g/mol. The van der Waals surface area contributed by atoms with Crippen LogP contribution in [-0.4, -0.2) is 47.1 Å². The Kier molecular flexibility index (Phi) is 2.77. The third-order valence-electron chi connectivity index (χ3n) is 4.73. The molecule has 5 rings (SSSR count). The van der Waals surface area contributed by atoms with Crippen LogP contribution in [0, 0.1) is 0 Å². The van der Waals surface area contributed by atoms with Crippen LogP contribution in [0.5, 0.6) is 0 Å². The number of tetrazole rings is 1. The van der Waals surface area contributed by atoms with Crippen LogP contribution < -0.4 is 5.32 Å². The van der Waals surface area contributed by atoms with Crippen LogP contribution in [0.3, 0.4) is 0 Å². The first-order valence-electron chi connectivity index (χ1n) is 7.89. The maximum Gasteiger partial charge on any atom is 0.164 e. The van der Waals surface area contributed by atoms with Gasteiger partial charge >= 0.3 is 0 Å². The van der Waals surface area contributed by atoms with Crippen molar-refractivity contribution in [2.24, 2.45) is 0 Å². The molecule has 2 aliphatic rings. The quantitative estimate of drug-likeness (QED) is 0.746. The van der Waals surface area contributed by atoms with Gasteiger partial charge in [-0.2, -0.15) is 0 Å². The summed E-state index contributed by atoms with van der Waals surface area (Å²) < 4.78 is 3.90. The summed E-state index contributed by atoms with van der Waals surface area (Å²) in [5.74, 6) is 2.03. The molecule has 23 heavy (non-hydrogen) atoms. The standard InChI is InChI=1S/C15H16N8/c1-5-13(23-9-16-20-21-23)6-2-10(1)15-19-18-14-7-11-3-4-12(17-11)8-22(14)15/h1-2,5-6,9,11-12,17H,3-4,7-8H2. The fraction of sp³-hybridized carbons (Fsp3) is 0.400. The van der Waals surface area contributed by atoms with Gasteiger partial charge in [-0.05, 0) is 47.5 Å². The average molecular weight is 308 g/mol. The molecular weight excluding hydrogens is 292 g/mol. The van der Waals surface area contributed by atoms with E-state index in [0.717, 1.165) is 35.9 Å². The molecule has 116 valence electrons. The first-order chi connectivity index (χ1) is 11.4. The normalized spacial score (nSPS) is 22.8. The second-order valence-corrected chi connectivity index (χ2v) is 6.19. The zero-order chi connectivity index (χ0) is 15.2. The number of nitrogens with one attached hydrogen (secondary N) is 1. The van der Waals surface area contributed by atoms with E-state index < -0.39 is 0 Å². The lowest BCUT2D eigenvalue weighted by atomic mass is 10.1. The summed E-state index contributed by atoms with van der Waals surface area (Å²) in [5.41, 5.74) is 1.99. The van der Waals surface area contributed by atoms with E-state index in [2.05, 4.69) is 35.6 Å². The van der Waals surface area contributed by atoms with E-state index in [0.29, 0.717) is 12.1 Å². The van der Waals surface area contributed by atoms with Gasteiger partial charge in [-0.15, -0.1) is 15.3 Å². The number of hydrogen-bond acceptors (Lipinski definition) is 6. The average Bonchev–Trinajstić information content (AvgIpc) is 3.29. The summed E-state index contributed by atoms with van der Waals surface area (Å²) in [6.45, 7) is 0.947. The summed E-state index contributed by atoms with van der Waals surface area (Å²) in [6, 6.07) is 9.18. The van der Waals surface area contributed by atoms with Crippen molar-refractivity contribution in [3.8, 4) is 17.1 Å². The van der Waals surface area contributed by atoms with Gasteiger partial charge in [0.2, 0.25) is 0 Å². The molecule has 0 amide bonds. The van der Waals surface area contributed by atoms with Crippen molar-refractivity contribution in [3.05, 3.63) is 36.4 Å². The van der Waals surface area contributed by atoms with Crippen molar-refractivity contribution in [1.29, 1.82) is 0 Å². The predicted molar refractivity (Wildman–Crippen MR) is 81.8 cm³/mol. The molecule has 2 aromatic heterocycles. The van der Waals surface area contributed by atoms with E-state index in [1.165, 1.54) is 12.8 Å². The Morgan fingerprint density at radius 3 is 2.74 bits per heavy atom. The Balaban J connectivity index is 1.51. The molecule has 0 aliphatic carbocycles. The van der Waals surface area contributed by atoms with Crippen molar-refractivity contribution >= 4 is 0 Å². The Hall–Kier alpha value is -2.61. The Bertz CT molecular complexity index is 820. The smallest absolute Gasteiger partial charge is 0.164 e. The van der Waals surface area contributed by atoms with Gasteiger partial charge in [0.25, 0.3) is 0 Å². The van der Waals surface area contributed by atoms with Crippen molar-refractivity contribution in [3.63, 3.8) is 0 Å². The largest absolute Gasteiger partial charge is 0.309 e. The summed E-state index contributed by atoms with van der Waals surface area (Å²) in [6.07, 6.45) is 5.03. The maximum absolute atomic E-state index is 4.44. The minimum Gasteiger partial charge on any atom is -0.309 e. The van der Waals surface area contributed by atoms with E-state index in [1.54, 1.807) is 11.0 Å². The molecule has 0 saturated carbocycles. The maximum atomic E-state index is 4.44. The van der Waals surface area contributed by atoms with Gasteiger partial charge in [-0.1, -0.05) is 0 Å². The molecule has 1 aromatic carbocycles. The van der Waals surface area contributed by atoms with E-state index in [-0.39, 0.29) is 0 Å². The van der Waals surface area contributed by atoms with E-state index in [1.807, 2.05) is 24.3 Å². The number of nitrogens with zero attached hydrogens (tertiary/aromatic N) is 7. The third-order valence-corrected chi connectivity index (χ3v) is 4.73. The van der Waals surface area contributed by atoms with Gasteiger partial charge < -0.3 is 9.88 Å². The van der Waals surface area contributed by atoms with Crippen LogP contribution in [0.25, 0.3) is 17.1 Å². The second kappa shape index (κ2) is 4.95. The first-order valence-corrected chi connectivity index (χ1v) is 7.89. The minimum absolute atomic E-state index is 0.538. The van der Waals surface area contributed by atoms with Crippen LogP contribution in [0.1, 0.15) is 18.7 Å². The fourth-order valence-corrected chi connectivity index (χ4v) is 3.58. The second-order valence-electron chi connectivity index (χ2n) is 6.19. The number of fused-ring (bicyclic) bond motifs is 3. The highest BCUT2D eigenvalue weighted by Gasteiger charge is 2.31. The predicted octanol–water partition coefficient (Wildman–Crippen LogP) is 0.597. The molecule has 0 spiro atoms. The van der Waals surface area contributed by atoms with Crippen LogP contribution in [0.15, 0.2) is 30.6 Å². The summed E-state index contributed by atoms with van der Waals surface area (Å²) >= 11 is 0. The molecule has 2 atom stereocenters. The first kappa shape index (κ1) is 12.9. The molecule has 8 heteroatoms. The van der Waals surface area contributed by atoms with Gasteiger partial charge in [0.05, 0.1) is 5.69 Å². The van der Waals surface area contributed by atoms with Crippen LogP contribution in [0.2, 0.25) is 0 Å². The van der Waals surface area contributed by atoms with Crippen molar-refractivity contribution in [2.45, 2.75) is 37.9 Å². The molecule has 1 fully saturated rings. The van der Waals surface area contributed by atoms with Crippen LogP contribution >= 0.6 is 0 Å². The van der Waals surface area contributed by atoms with E-state index in [9.17, 15) is 0 Å². The Morgan fingerprint density at radius 1 is 1.04 bits per heavy atom. The Labute approximate surface area is 132 Å². The molecule has 2 aliphatic heterocycles. The topological polar surface area (TPSA) is 86.3 Å². The van der Waals surface area contributed by atoms with E-state index >= 15 is 0 Å². The Morgan fingerprint density at radius 2 is 1.91 bits per heavy atom. The zero-order valence-electron chi connectivity index (χ0n) is 12.5. The number of hydrogen-bond donors (Lipinski definition) is 1. The summed E-state index contributed by atoms with van der Waals surface area (Å²) in [4.78, 5) is 0. The van der Waals surface area contributed by atoms with Crippen LogP contribution in [-0.2, 0) is 13.0 Å². The number of benzene rings is 1. The lowest BCUT2D eigenvalue weighted by Gasteiger charge is -2.13. The van der Waals surface area contributed by atoms with Crippen molar-refractivity contribution in [1.82, 2.24) is 40.3 Å². The lowest BCUT2D eigenvalue weighted by Crippen LogP contribution is -2.30. The van der Waals surface area contributed by atoms with Crippen molar-refractivity contribution < 1.29 is 0 Å². The molecule has 4 heterocycles. The molecule has 3 aromatic rings. The molecule has 2 bridgehead atoms. The zero-order valence-corrected chi connectivity index (χ0v) is 12.5. The van der Waals surface area contributed by atoms with Gasteiger partial charge in [0.15, 0.2) is 5.82 Å². The number of aromatic nitrogens is 7. The molecule has 1 N–H and O–H groups in total. The third kappa shape index (κ3) is 2.14. The number of rotatable bonds is 2. The summed E-state index contributed by atoms with van der Waals surface area (Å²) in [7, 11) is 0. The summed E-state index contributed by atoms with van der Waals surface area (Å²) in [5, 5.41) is 23.8. The molecule has 0 radical (unpaired) electrons. The molecule has 2 unspecified atom stereocenters. The van der Waals surface area contributed by atoms with Gasteiger partial charge in [-0.25, -0.2) is 4.68 Å². The highest BCUT2D eigenvalue weighted by atomic mass is 15.5. The van der Waals surface area contributed by atoms with Gasteiger partial charge in [0.1, 0.15) is 12.2 Å². The van der Waals surface area contributed by atoms with Gasteiger partial charge in [-0.3, -0.25) is 0 Å². The highest BCUT2D eigenvalue weighted by molar-refractivity contribution is 5.57. The molecule has 1 saturated heterocycles. The van der Waals surface area contributed by atoms with E-state index in [4.69, 9.17) is 0 Å². The van der Waals surface area contributed by atoms with Crippen LogP contribution in [0.4, 0.5) is 0 Å². The van der Waals surface area contributed by atoms with Crippen molar-refractivity contribution in [2.75, 3.05) is 0 Å². The molecule has 8 nitrogen and oxygen atoms in total. The highest BCUT2D eigenvalue weighted by Crippen LogP contribution is 2.27. The minimum atomic E-state index is 0.538. The molecular formula is C15H16N8.